The molecular weight excluding hydrogens is 334 g/mol. The second-order valence-electron chi connectivity index (χ2n) is 7.70. The van der Waals surface area contributed by atoms with Crippen LogP contribution in [0.2, 0.25) is 0 Å². The van der Waals surface area contributed by atoms with Gasteiger partial charge in [0.05, 0.1) is 0 Å². The van der Waals surface area contributed by atoms with Crippen LogP contribution in [0.5, 0.6) is 0 Å². The first-order chi connectivity index (χ1) is 12.2. The van der Waals surface area contributed by atoms with Gasteiger partial charge in [-0.2, -0.15) is 0 Å². The second-order valence-corrected chi connectivity index (χ2v) is 7.70. The molecule has 3 rings (SSSR count). The number of likely N-dealkylation sites (tertiary alicyclic amines) is 1. The summed E-state index contributed by atoms with van der Waals surface area (Å²) in [4.78, 5) is 46.7. The average molecular weight is 362 g/mol. The number of Topliss-reactive ketones (excluding diaryl/α,β-unsaturated/α-hetero) is 1. The van der Waals surface area contributed by atoms with Crippen LogP contribution in [0.25, 0.3) is 0 Å². The molecule has 0 aromatic carbocycles. The zero-order valence-corrected chi connectivity index (χ0v) is 16.2. The first-order valence-corrected chi connectivity index (χ1v) is 9.23. The molecule has 3 aliphatic rings. The van der Waals surface area contributed by atoms with E-state index in [0.717, 1.165) is 24.4 Å². The Kier molecular flexibility index (Phi) is 4.96. The standard InChI is InChI=1S/C18H28N5O3/c1-11-7-6-8-22(9-11)10-14-19-16-15(23(14)12(2)13(3)24)17(25)21(5)18(26)20(16)4/h11-12,15H,6-10H2,1-5H3/q+1. The molecule has 8 nitrogen and oxygen atoms in total. The number of likely N-dealkylation sites (N-methyl/N-ethyl adjacent to an activating group) is 2. The summed E-state index contributed by atoms with van der Waals surface area (Å²) in [5, 5.41) is 0. The lowest BCUT2D eigenvalue weighted by atomic mass is 10.0. The first-order valence-electron chi connectivity index (χ1n) is 9.23. The number of aliphatic imine (C=N–C) groups is 1. The molecule has 3 unspecified atom stereocenters. The maximum absolute atomic E-state index is 12.8. The molecule has 3 atom stereocenters. The molecule has 0 spiro atoms. The number of fused-ring (bicyclic) bond motifs is 1. The van der Waals surface area contributed by atoms with Crippen LogP contribution >= 0.6 is 0 Å². The summed E-state index contributed by atoms with van der Waals surface area (Å²) in [6, 6.07) is -1.58. The summed E-state index contributed by atoms with van der Waals surface area (Å²) in [5.74, 6) is 1.38. The summed E-state index contributed by atoms with van der Waals surface area (Å²) < 4.78 is 1.80. The minimum Gasteiger partial charge on any atom is -0.295 e. The number of rotatable bonds is 4. The number of urea groups is 1. The number of amides is 3. The fraction of sp³-hybridized carbons (Fsp3) is 0.722. The fourth-order valence-electron chi connectivity index (χ4n) is 4.00. The van der Waals surface area contributed by atoms with Gasteiger partial charge in [-0.1, -0.05) is 6.92 Å². The van der Waals surface area contributed by atoms with Crippen molar-refractivity contribution in [2.75, 3.05) is 33.7 Å². The van der Waals surface area contributed by atoms with Gasteiger partial charge in [-0.05, 0) is 44.1 Å². The highest BCUT2D eigenvalue weighted by atomic mass is 16.2. The van der Waals surface area contributed by atoms with E-state index in [4.69, 9.17) is 0 Å². The van der Waals surface area contributed by atoms with Crippen molar-refractivity contribution in [1.82, 2.24) is 14.7 Å². The third kappa shape index (κ3) is 3.06. The summed E-state index contributed by atoms with van der Waals surface area (Å²) in [6.07, 6.45) is 2.35. The van der Waals surface area contributed by atoms with Crippen LogP contribution in [0.4, 0.5) is 4.79 Å². The molecule has 3 amide bonds. The summed E-state index contributed by atoms with van der Waals surface area (Å²) in [6.45, 7) is 8.09. The number of hydrogen-bond donors (Lipinski definition) is 0. The van der Waals surface area contributed by atoms with E-state index in [-0.39, 0.29) is 11.7 Å². The first kappa shape index (κ1) is 18.7. The van der Waals surface area contributed by atoms with E-state index in [1.807, 2.05) is 0 Å². The van der Waals surface area contributed by atoms with Crippen molar-refractivity contribution in [2.45, 2.75) is 45.7 Å². The highest BCUT2D eigenvalue weighted by Gasteiger charge is 2.54. The van der Waals surface area contributed by atoms with Gasteiger partial charge < -0.3 is 0 Å². The van der Waals surface area contributed by atoms with E-state index in [2.05, 4.69) is 16.8 Å². The number of piperidine rings is 1. The summed E-state index contributed by atoms with van der Waals surface area (Å²) >= 11 is 0. The fourth-order valence-corrected chi connectivity index (χ4v) is 4.00. The van der Waals surface area contributed by atoms with Crippen LogP contribution in [0.3, 0.4) is 0 Å². The molecule has 0 aromatic heterocycles. The quantitative estimate of drug-likeness (QED) is 0.679. The molecule has 3 heterocycles. The van der Waals surface area contributed by atoms with Crippen LogP contribution < -0.4 is 0 Å². The summed E-state index contributed by atoms with van der Waals surface area (Å²) in [5.41, 5.74) is 0. The molecule has 0 radical (unpaired) electrons. The lowest BCUT2D eigenvalue weighted by Crippen LogP contribution is -2.62. The Balaban J connectivity index is 1.99. The van der Waals surface area contributed by atoms with Crippen LogP contribution in [-0.2, 0) is 9.59 Å². The Hall–Kier alpha value is -2.09. The van der Waals surface area contributed by atoms with Gasteiger partial charge in [0.1, 0.15) is 6.54 Å². The van der Waals surface area contributed by atoms with Crippen LogP contribution in [0.1, 0.15) is 33.6 Å². The summed E-state index contributed by atoms with van der Waals surface area (Å²) in [7, 11) is 3.10. The maximum Gasteiger partial charge on any atom is 0.333 e. The number of amidine groups is 2. The predicted molar refractivity (Wildman–Crippen MR) is 97.4 cm³/mol. The van der Waals surface area contributed by atoms with Crippen LogP contribution in [0.15, 0.2) is 4.99 Å². The topological polar surface area (TPSA) is 76.3 Å². The molecular formula is C18H28N5O3+. The van der Waals surface area contributed by atoms with Gasteiger partial charge in [0.25, 0.3) is 17.8 Å². The molecule has 0 aliphatic carbocycles. The Morgan fingerprint density at radius 3 is 2.62 bits per heavy atom. The number of nitrogens with zero attached hydrogens (tertiary/aromatic N) is 5. The molecule has 0 aromatic rings. The molecule has 0 bridgehead atoms. The maximum atomic E-state index is 12.8. The van der Waals surface area contributed by atoms with Gasteiger partial charge in [-0.25, -0.2) is 9.37 Å². The molecule has 26 heavy (non-hydrogen) atoms. The third-order valence-electron chi connectivity index (χ3n) is 5.66. The normalized spacial score (nSPS) is 28.4. The SMILES string of the molecule is CC(=O)C(C)[N+]1=C(CN2CCCC(C)C2)N=C2C1C(=O)N(C)C(=O)N2C. The Bertz CT molecular complexity index is 714. The van der Waals surface area contributed by atoms with Crippen molar-refractivity contribution >= 4 is 29.4 Å². The monoisotopic (exact) mass is 362 g/mol. The van der Waals surface area contributed by atoms with Crippen molar-refractivity contribution in [1.29, 1.82) is 0 Å². The third-order valence-corrected chi connectivity index (χ3v) is 5.66. The zero-order valence-electron chi connectivity index (χ0n) is 16.2. The lowest BCUT2D eigenvalue weighted by Gasteiger charge is -2.32. The Labute approximate surface area is 154 Å². The van der Waals surface area contributed by atoms with Gasteiger partial charge in [0.2, 0.25) is 0 Å². The molecule has 0 N–H and O–H groups in total. The molecule has 3 aliphatic heterocycles. The number of imide groups is 1. The van der Waals surface area contributed by atoms with Gasteiger partial charge in [-0.15, -0.1) is 0 Å². The molecule has 2 saturated heterocycles. The predicted octanol–water partition coefficient (Wildman–Crippen LogP) is 0.411. The smallest absolute Gasteiger partial charge is 0.295 e. The van der Waals surface area contributed by atoms with Crippen molar-refractivity contribution in [3.8, 4) is 0 Å². The van der Waals surface area contributed by atoms with E-state index < -0.39 is 18.1 Å². The minimum absolute atomic E-state index is 0.0269. The molecule has 142 valence electrons. The second kappa shape index (κ2) is 6.90. The molecule has 8 heteroatoms. The van der Waals surface area contributed by atoms with Crippen molar-refractivity contribution in [3.63, 3.8) is 0 Å². The van der Waals surface area contributed by atoms with Crippen molar-refractivity contribution < 1.29 is 19.0 Å². The highest BCUT2D eigenvalue weighted by Crippen LogP contribution is 2.22. The number of hydrogen-bond acceptors (Lipinski definition) is 5. The Morgan fingerprint density at radius 1 is 1.31 bits per heavy atom. The van der Waals surface area contributed by atoms with E-state index in [0.29, 0.717) is 24.1 Å². The van der Waals surface area contributed by atoms with E-state index in [1.165, 1.54) is 25.3 Å². The largest absolute Gasteiger partial charge is 0.333 e. The van der Waals surface area contributed by atoms with Gasteiger partial charge in [0, 0.05) is 20.6 Å². The molecule has 2 fully saturated rings. The average Bonchev–Trinajstić information content (AvgIpc) is 2.96. The van der Waals surface area contributed by atoms with Crippen LogP contribution in [-0.4, -0.2) is 94.5 Å². The zero-order chi connectivity index (χ0) is 19.2. The van der Waals surface area contributed by atoms with Gasteiger partial charge >= 0.3 is 11.9 Å². The van der Waals surface area contributed by atoms with E-state index >= 15 is 0 Å². The Morgan fingerprint density at radius 2 is 2.00 bits per heavy atom. The van der Waals surface area contributed by atoms with E-state index in [9.17, 15) is 14.4 Å². The van der Waals surface area contributed by atoms with Gasteiger partial charge in [-0.3, -0.25) is 24.3 Å². The van der Waals surface area contributed by atoms with Crippen LogP contribution in [0, 0.1) is 5.92 Å². The van der Waals surface area contributed by atoms with Crippen molar-refractivity contribution in [2.24, 2.45) is 10.9 Å². The number of carbonyl (C=O) groups is 3. The minimum atomic E-state index is -0.709. The molecule has 0 saturated carbocycles. The highest BCUT2D eigenvalue weighted by molar-refractivity contribution is 6.23. The number of carbonyl (C=O) groups excluding carboxylic acids is 3. The van der Waals surface area contributed by atoms with Crippen molar-refractivity contribution in [3.05, 3.63) is 0 Å². The van der Waals surface area contributed by atoms with E-state index in [1.54, 1.807) is 18.5 Å². The lowest BCUT2D eigenvalue weighted by molar-refractivity contribution is -0.556. The number of ketones is 1. The van der Waals surface area contributed by atoms with Gasteiger partial charge in [0.15, 0.2) is 11.8 Å².